The van der Waals surface area contributed by atoms with Gasteiger partial charge in [0.25, 0.3) is 0 Å². The maximum Gasteiger partial charge on any atom is 0.221 e. The molecule has 0 saturated carbocycles. The third kappa shape index (κ3) is 4.29. The fourth-order valence-corrected chi connectivity index (χ4v) is 2.91. The van der Waals surface area contributed by atoms with E-state index in [1.807, 2.05) is 31.5 Å². The Hall–Kier alpha value is -2.41. The summed E-state index contributed by atoms with van der Waals surface area (Å²) in [4.78, 5) is 23.6. The van der Waals surface area contributed by atoms with Crippen LogP contribution in [0.2, 0.25) is 0 Å². The zero-order chi connectivity index (χ0) is 17.2. The van der Waals surface area contributed by atoms with Crippen LogP contribution in [0, 0.1) is 6.92 Å². The molecule has 0 saturated heterocycles. The summed E-state index contributed by atoms with van der Waals surface area (Å²) in [6, 6.07) is 6.82. The highest BCUT2D eigenvalue weighted by molar-refractivity contribution is 7.91. The fraction of sp³-hybridized carbons (Fsp3) is 0.250. The highest BCUT2D eigenvalue weighted by Gasteiger charge is 2.17. The molecular formula is C16H18N2O4S. The van der Waals surface area contributed by atoms with Crippen molar-refractivity contribution in [1.82, 2.24) is 4.57 Å². The number of benzene rings is 1. The van der Waals surface area contributed by atoms with Crippen LogP contribution in [0.5, 0.6) is 0 Å². The molecule has 0 aliphatic heterocycles. The Morgan fingerprint density at radius 1 is 1.17 bits per heavy atom. The minimum absolute atomic E-state index is 0.244. The number of sulfone groups is 1. The van der Waals surface area contributed by atoms with Crippen LogP contribution < -0.4 is 5.32 Å². The molecule has 2 aromatic rings. The number of nitrogens with zero attached hydrogens (tertiary/aromatic N) is 1. The summed E-state index contributed by atoms with van der Waals surface area (Å²) >= 11 is 0. The first-order chi connectivity index (χ1) is 10.7. The summed E-state index contributed by atoms with van der Waals surface area (Å²) in [6.45, 7) is 3.20. The van der Waals surface area contributed by atoms with Gasteiger partial charge in [0.1, 0.15) is 5.75 Å². The molecule has 1 N–H and O–H groups in total. The lowest BCUT2D eigenvalue weighted by Crippen LogP contribution is -2.16. The van der Waals surface area contributed by atoms with Crippen LogP contribution in [-0.4, -0.2) is 36.7 Å². The van der Waals surface area contributed by atoms with E-state index in [0.29, 0.717) is 11.4 Å². The maximum absolute atomic E-state index is 12.2. The van der Waals surface area contributed by atoms with Gasteiger partial charge in [0, 0.05) is 36.8 Å². The van der Waals surface area contributed by atoms with Gasteiger partial charge >= 0.3 is 0 Å². The molecule has 0 aliphatic rings. The first-order valence-corrected chi connectivity index (χ1v) is 9.00. The van der Waals surface area contributed by atoms with Gasteiger partial charge in [-0.15, -0.1) is 0 Å². The van der Waals surface area contributed by atoms with E-state index in [-0.39, 0.29) is 11.5 Å². The minimum atomic E-state index is -3.43. The van der Waals surface area contributed by atoms with Gasteiger partial charge in [-0.3, -0.25) is 9.59 Å². The number of Topliss-reactive ketones (excluding diaryl/α,β-unsaturated/α-hetero) is 1. The van der Waals surface area contributed by atoms with Crippen molar-refractivity contribution >= 4 is 27.2 Å². The van der Waals surface area contributed by atoms with Gasteiger partial charge in [0.15, 0.2) is 15.6 Å². The van der Waals surface area contributed by atoms with Gasteiger partial charge in [0.05, 0.1) is 5.69 Å². The number of ketones is 1. The Bertz CT molecular complexity index is 852. The Morgan fingerprint density at radius 3 is 2.30 bits per heavy atom. The van der Waals surface area contributed by atoms with E-state index in [9.17, 15) is 18.0 Å². The lowest BCUT2D eigenvalue weighted by atomic mass is 10.0. The number of hydrogen-bond acceptors (Lipinski definition) is 4. The van der Waals surface area contributed by atoms with E-state index in [1.54, 1.807) is 10.6 Å². The predicted octanol–water partition coefficient (Wildman–Crippen LogP) is 1.97. The zero-order valence-electron chi connectivity index (χ0n) is 13.2. The first-order valence-electron chi connectivity index (χ1n) is 6.94. The molecule has 0 atom stereocenters. The van der Waals surface area contributed by atoms with E-state index in [1.165, 1.54) is 13.0 Å². The van der Waals surface area contributed by atoms with E-state index in [2.05, 4.69) is 5.32 Å². The van der Waals surface area contributed by atoms with Gasteiger partial charge in [-0.1, -0.05) is 0 Å². The van der Waals surface area contributed by atoms with Gasteiger partial charge in [0.2, 0.25) is 5.91 Å². The Balaban J connectivity index is 2.57. The number of amides is 1. The van der Waals surface area contributed by atoms with Gasteiger partial charge in [-0.2, -0.15) is 0 Å². The maximum atomic E-state index is 12.2. The number of anilines is 1. The van der Waals surface area contributed by atoms with Crippen molar-refractivity contribution in [3.05, 3.63) is 47.8 Å². The SMILES string of the molecule is CC(=O)Nc1cc(C(=O)CS(C)(=O)=O)cc(-n2cccc2)c1C. The fourth-order valence-electron chi connectivity index (χ4n) is 2.26. The molecule has 23 heavy (non-hydrogen) atoms. The number of carbonyl (C=O) groups is 2. The van der Waals surface area contributed by atoms with Gasteiger partial charge in [-0.05, 0) is 36.8 Å². The van der Waals surface area contributed by atoms with Crippen LogP contribution in [0.1, 0.15) is 22.8 Å². The molecule has 1 aromatic carbocycles. The van der Waals surface area contributed by atoms with E-state index < -0.39 is 21.4 Å². The molecule has 1 aromatic heterocycles. The summed E-state index contributed by atoms with van der Waals surface area (Å²) < 4.78 is 24.5. The van der Waals surface area contributed by atoms with E-state index >= 15 is 0 Å². The van der Waals surface area contributed by atoms with Gasteiger partial charge < -0.3 is 9.88 Å². The van der Waals surface area contributed by atoms with Crippen molar-refractivity contribution in [2.45, 2.75) is 13.8 Å². The highest BCUT2D eigenvalue weighted by Crippen LogP contribution is 2.26. The molecule has 0 unspecified atom stereocenters. The normalized spacial score (nSPS) is 11.3. The Morgan fingerprint density at radius 2 is 1.78 bits per heavy atom. The highest BCUT2D eigenvalue weighted by atomic mass is 32.2. The van der Waals surface area contributed by atoms with Crippen molar-refractivity contribution in [2.75, 3.05) is 17.3 Å². The smallest absolute Gasteiger partial charge is 0.221 e. The molecule has 0 fully saturated rings. The second-order valence-electron chi connectivity index (χ2n) is 5.43. The minimum Gasteiger partial charge on any atom is -0.326 e. The third-order valence-corrected chi connectivity index (χ3v) is 4.08. The third-order valence-electron chi connectivity index (χ3n) is 3.29. The molecule has 122 valence electrons. The van der Waals surface area contributed by atoms with Crippen molar-refractivity contribution < 1.29 is 18.0 Å². The molecule has 0 radical (unpaired) electrons. The van der Waals surface area contributed by atoms with E-state index in [4.69, 9.17) is 0 Å². The molecule has 1 heterocycles. The first kappa shape index (κ1) is 17.0. The van der Waals surface area contributed by atoms with Crippen LogP contribution in [0.15, 0.2) is 36.7 Å². The number of rotatable bonds is 5. The van der Waals surface area contributed by atoms with Crippen molar-refractivity contribution in [2.24, 2.45) is 0 Å². The topological polar surface area (TPSA) is 85.2 Å². The molecule has 0 bridgehead atoms. The van der Waals surface area contributed by atoms with Crippen LogP contribution in [0.25, 0.3) is 5.69 Å². The van der Waals surface area contributed by atoms with Crippen LogP contribution >= 0.6 is 0 Å². The molecular weight excluding hydrogens is 316 g/mol. The lowest BCUT2D eigenvalue weighted by molar-refractivity contribution is -0.114. The van der Waals surface area contributed by atoms with Crippen molar-refractivity contribution in [3.8, 4) is 5.69 Å². The summed E-state index contributed by atoms with van der Waals surface area (Å²) in [5.41, 5.74) is 2.22. The predicted molar refractivity (Wildman–Crippen MR) is 88.9 cm³/mol. The summed E-state index contributed by atoms with van der Waals surface area (Å²) in [7, 11) is -3.43. The summed E-state index contributed by atoms with van der Waals surface area (Å²) in [5.74, 6) is -1.34. The standard InChI is InChI=1S/C16H18N2O4S/c1-11-14(17-12(2)19)8-13(16(20)10-23(3,21)22)9-15(11)18-6-4-5-7-18/h4-9H,10H2,1-3H3,(H,17,19). The number of hydrogen-bond donors (Lipinski definition) is 1. The average molecular weight is 334 g/mol. The summed E-state index contributed by atoms with van der Waals surface area (Å²) in [6.07, 6.45) is 4.63. The zero-order valence-corrected chi connectivity index (χ0v) is 14.0. The quantitative estimate of drug-likeness (QED) is 0.847. The number of nitrogens with one attached hydrogen (secondary N) is 1. The monoisotopic (exact) mass is 334 g/mol. The van der Waals surface area contributed by atoms with E-state index in [0.717, 1.165) is 11.8 Å². The van der Waals surface area contributed by atoms with Crippen LogP contribution in [0.4, 0.5) is 5.69 Å². The second-order valence-corrected chi connectivity index (χ2v) is 7.57. The Labute approximate surface area is 135 Å². The lowest BCUT2D eigenvalue weighted by Gasteiger charge is -2.15. The van der Waals surface area contributed by atoms with Crippen molar-refractivity contribution in [3.63, 3.8) is 0 Å². The van der Waals surface area contributed by atoms with Crippen LogP contribution in [-0.2, 0) is 14.6 Å². The molecule has 0 aliphatic carbocycles. The molecule has 0 spiro atoms. The van der Waals surface area contributed by atoms with Crippen molar-refractivity contribution in [1.29, 1.82) is 0 Å². The largest absolute Gasteiger partial charge is 0.326 e. The number of aromatic nitrogens is 1. The molecule has 2 rings (SSSR count). The molecule has 1 amide bonds. The molecule has 7 heteroatoms. The number of carbonyl (C=O) groups excluding carboxylic acids is 2. The Kier molecular flexibility index (Phi) is 4.70. The average Bonchev–Trinajstić information content (AvgIpc) is 2.92. The summed E-state index contributed by atoms with van der Waals surface area (Å²) in [5, 5.41) is 2.68. The van der Waals surface area contributed by atoms with Crippen LogP contribution in [0.3, 0.4) is 0 Å². The second kappa shape index (κ2) is 6.37. The van der Waals surface area contributed by atoms with Gasteiger partial charge in [-0.25, -0.2) is 8.42 Å². The molecule has 6 nitrogen and oxygen atoms in total.